The first kappa shape index (κ1) is 13.5. The lowest BCUT2D eigenvalue weighted by atomic mass is 9.83. The fraction of sp³-hybridized carbons (Fsp3) is 0.538. The van der Waals surface area contributed by atoms with E-state index < -0.39 is 6.10 Å². The van der Waals surface area contributed by atoms with Crippen molar-refractivity contribution >= 4 is 11.6 Å². The molecule has 0 aliphatic rings. The summed E-state index contributed by atoms with van der Waals surface area (Å²) >= 11 is 6.05. The minimum absolute atomic E-state index is 0.145. The topological polar surface area (TPSA) is 29.5 Å². The second-order valence-electron chi connectivity index (χ2n) is 4.99. The van der Waals surface area contributed by atoms with Gasteiger partial charge in [-0.05, 0) is 11.5 Å². The predicted octanol–water partition coefficient (Wildman–Crippen LogP) is 3.43. The van der Waals surface area contributed by atoms with Crippen LogP contribution >= 0.6 is 11.6 Å². The lowest BCUT2D eigenvalue weighted by Gasteiger charge is -2.33. The number of aliphatic hydroxyl groups is 1. The van der Waals surface area contributed by atoms with Gasteiger partial charge in [0, 0.05) is 17.7 Å². The summed E-state index contributed by atoms with van der Waals surface area (Å²) < 4.78 is 5.38. The maximum Gasteiger partial charge on any atom is 0.107 e. The standard InChI is InChI=1S/C13H19ClO2/c1-13(2,3)12(16-4)11(15)9-7-5-6-8-10(9)14/h5-8,11-12,15H,1-4H3. The summed E-state index contributed by atoms with van der Waals surface area (Å²) in [6.45, 7) is 6.09. The average molecular weight is 243 g/mol. The Bertz CT molecular complexity index is 344. The summed E-state index contributed by atoms with van der Waals surface area (Å²) in [6.07, 6.45) is -0.994. The minimum atomic E-state index is -0.710. The van der Waals surface area contributed by atoms with Crippen LogP contribution in [0, 0.1) is 5.41 Å². The third kappa shape index (κ3) is 2.97. The van der Waals surface area contributed by atoms with Crippen LogP contribution in [0.1, 0.15) is 32.4 Å². The van der Waals surface area contributed by atoms with Gasteiger partial charge in [0.2, 0.25) is 0 Å². The first-order valence-corrected chi connectivity index (χ1v) is 5.71. The van der Waals surface area contributed by atoms with Gasteiger partial charge in [0.15, 0.2) is 0 Å². The van der Waals surface area contributed by atoms with Crippen LogP contribution in [0.4, 0.5) is 0 Å². The second-order valence-corrected chi connectivity index (χ2v) is 5.40. The second kappa shape index (κ2) is 5.17. The largest absolute Gasteiger partial charge is 0.386 e. The molecule has 0 radical (unpaired) electrons. The van der Waals surface area contributed by atoms with Crippen molar-refractivity contribution in [2.75, 3.05) is 7.11 Å². The molecule has 0 saturated heterocycles. The van der Waals surface area contributed by atoms with Gasteiger partial charge in [-0.2, -0.15) is 0 Å². The van der Waals surface area contributed by atoms with Crippen molar-refractivity contribution in [3.05, 3.63) is 34.9 Å². The van der Waals surface area contributed by atoms with E-state index in [9.17, 15) is 5.11 Å². The molecule has 16 heavy (non-hydrogen) atoms. The van der Waals surface area contributed by atoms with E-state index in [-0.39, 0.29) is 11.5 Å². The fourth-order valence-corrected chi connectivity index (χ4v) is 2.08. The van der Waals surface area contributed by atoms with Crippen LogP contribution in [0.25, 0.3) is 0 Å². The van der Waals surface area contributed by atoms with E-state index in [2.05, 4.69) is 0 Å². The number of rotatable bonds is 3. The zero-order valence-corrected chi connectivity index (χ0v) is 11.0. The molecule has 0 fully saturated rings. The highest BCUT2D eigenvalue weighted by molar-refractivity contribution is 6.31. The third-order valence-electron chi connectivity index (χ3n) is 2.62. The van der Waals surface area contributed by atoms with Crippen LogP contribution < -0.4 is 0 Å². The molecular formula is C13H19ClO2. The number of ether oxygens (including phenoxy) is 1. The Hall–Kier alpha value is -0.570. The quantitative estimate of drug-likeness (QED) is 0.880. The van der Waals surface area contributed by atoms with Gasteiger partial charge < -0.3 is 9.84 Å². The van der Waals surface area contributed by atoms with E-state index >= 15 is 0 Å². The minimum Gasteiger partial charge on any atom is -0.386 e. The van der Waals surface area contributed by atoms with Gasteiger partial charge in [0.25, 0.3) is 0 Å². The normalized spacial score (nSPS) is 15.9. The van der Waals surface area contributed by atoms with Crippen molar-refractivity contribution < 1.29 is 9.84 Å². The van der Waals surface area contributed by atoms with Crippen LogP contribution in [0.15, 0.2) is 24.3 Å². The summed E-state index contributed by atoms with van der Waals surface area (Å²) in [4.78, 5) is 0. The average Bonchev–Trinajstić information content (AvgIpc) is 2.17. The molecule has 0 saturated carbocycles. The first-order valence-electron chi connectivity index (χ1n) is 5.33. The highest BCUT2D eigenvalue weighted by Crippen LogP contribution is 2.34. The molecule has 2 unspecified atom stereocenters. The van der Waals surface area contributed by atoms with Crippen molar-refractivity contribution in [1.29, 1.82) is 0 Å². The maximum atomic E-state index is 10.3. The third-order valence-corrected chi connectivity index (χ3v) is 2.96. The van der Waals surface area contributed by atoms with Crippen molar-refractivity contribution in [1.82, 2.24) is 0 Å². The molecule has 0 aliphatic heterocycles. The van der Waals surface area contributed by atoms with Crippen molar-refractivity contribution in [3.63, 3.8) is 0 Å². The van der Waals surface area contributed by atoms with E-state index in [1.807, 2.05) is 39.0 Å². The van der Waals surface area contributed by atoms with Gasteiger partial charge in [0.05, 0.1) is 6.10 Å². The molecule has 2 nitrogen and oxygen atoms in total. The smallest absolute Gasteiger partial charge is 0.107 e. The fourth-order valence-electron chi connectivity index (χ4n) is 1.83. The molecule has 0 bridgehead atoms. The zero-order chi connectivity index (χ0) is 12.3. The highest BCUT2D eigenvalue weighted by Gasteiger charge is 2.32. The Morgan fingerprint density at radius 1 is 1.25 bits per heavy atom. The molecule has 0 heterocycles. The molecule has 3 heteroatoms. The van der Waals surface area contributed by atoms with E-state index in [1.54, 1.807) is 13.2 Å². The Labute approximate surface area is 102 Å². The predicted molar refractivity (Wildman–Crippen MR) is 66.7 cm³/mol. The zero-order valence-electron chi connectivity index (χ0n) is 10.2. The van der Waals surface area contributed by atoms with E-state index in [0.717, 1.165) is 0 Å². The van der Waals surface area contributed by atoms with Gasteiger partial charge >= 0.3 is 0 Å². The van der Waals surface area contributed by atoms with Crippen molar-refractivity contribution in [3.8, 4) is 0 Å². The molecule has 1 N–H and O–H groups in total. The van der Waals surface area contributed by atoms with Crippen molar-refractivity contribution in [2.24, 2.45) is 5.41 Å². The van der Waals surface area contributed by atoms with Crippen LogP contribution in [-0.2, 0) is 4.74 Å². The number of methoxy groups -OCH3 is 1. The SMILES string of the molecule is COC(C(O)c1ccccc1Cl)C(C)(C)C. The molecule has 90 valence electrons. The molecule has 1 aromatic rings. The van der Waals surface area contributed by atoms with E-state index in [4.69, 9.17) is 16.3 Å². The number of hydrogen-bond donors (Lipinski definition) is 1. The molecule has 0 aliphatic carbocycles. The van der Waals surface area contributed by atoms with Crippen LogP contribution in [0.5, 0.6) is 0 Å². The van der Waals surface area contributed by atoms with E-state index in [1.165, 1.54) is 0 Å². The van der Waals surface area contributed by atoms with Crippen LogP contribution in [0.2, 0.25) is 5.02 Å². The lowest BCUT2D eigenvalue weighted by molar-refractivity contribution is -0.0723. The van der Waals surface area contributed by atoms with Gasteiger partial charge in [-0.15, -0.1) is 0 Å². The summed E-state index contributed by atoms with van der Waals surface area (Å²) in [5.74, 6) is 0. The molecule has 0 amide bonds. The van der Waals surface area contributed by atoms with Gasteiger partial charge in [-0.25, -0.2) is 0 Å². The lowest BCUT2D eigenvalue weighted by Crippen LogP contribution is -2.34. The summed E-state index contributed by atoms with van der Waals surface area (Å²) in [6, 6.07) is 7.30. The van der Waals surface area contributed by atoms with Crippen LogP contribution in [-0.4, -0.2) is 18.3 Å². The van der Waals surface area contributed by atoms with Gasteiger partial charge in [0.1, 0.15) is 6.10 Å². The Kier molecular flexibility index (Phi) is 4.36. The van der Waals surface area contributed by atoms with Gasteiger partial charge in [-0.3, -0.25) is 0 Å². The van der Waals surface area contributed by atoms with Crippen LogP contribution in [0.3, 0.4) is 0 Å². The summed E-state index contributed by atoms with van der Waals surface area (Å²) in [5, 5.41) is 10.9. The molecule has 1 aromatic carbocycles. The molecule has 0 aromatic heterocycles. The Morgan fingerprint density at radius 3 is 2.25 bits per heavy atom. The Balaban J connectivity index is 3.01. The monoisotopic (exact) mass is 242 g/mol. The summed E-state index contributed by atoms with van der Waals surface area (Å²) in [5.41, 5.74) is 0.568. The number of aliphatic hydroxyl groups excluding tert-OH is 1. The van der Waals surface area contributed by atoms with E-state index in [0.29, 0.717) is 10.6 Å². The first-order chi connectivity index (χ1) is 7.38. The highest BCUT2D eigenvalue weighted by atomic mass is 35.5. The molecule has 1 rings (SSSR count). The number of halogens is 1. The Morgan fingerprint density at radius 2 is 1.81 bits per heavy atom. The van der Waals surface area contributed by atoms with Gasteiger partial charge in [-0.1, -0.05) is 50.6 Å². The maximum absolute atomic E-state index is 10.3. The van der Waals surface area contributed by atoms with Crippen molar-refractivity contribution in [2.45, 2.75) is 33.0 Å². The summed E-state index contributed by atoms with van der Waals surface area (Å²) in [7, 11) is 1.61. The molecule has 0 spiro atoms. The molecule has 2 atom stereocenters. The number of benzene rings is 1. The molecular weight excluding hydrogens is 224 g/mol. The number of hydrogen-bond acceptors (Lipinski definition) is 2.